The summed E-state index contributed by atoms with van der Waals surface area (Å²) in [5.74, 6) is 0. The zero-order valence-corrected chi connectivity index (χ0v) is 14.2. The van der Waals surface area contributed by atoms with Gasteiger partial charge in [0.25, 0.3) is 0 Å². The third-order valence-corrected chi connectivity index (χ3v) is 4.38. The molecule has 0 fully saturated rings. The van der Waals surface area contributed by atoms with Crippen LogP contribution in [-0.4, -0.2) is 11.1 Å². The monoisotopic (exact) mass is 345 g/mol. The Labute approximate surface area is 151 Å². The second-order valence-corrected chi connectivity index (χ2v) is 6.18. The van der Waals surface area contributed by atoms with Gasteiger partial charge in [0.2, 0.25) is 0 Å². The molecule has 1 heterocycles. The number of H-pyrrole nitrogens is 1. The molecule has 0 aliphatic heterocycles. The first-order valence-corrected chi connectivity index (χ1v) is 8.46. The number of aromatic nitrogens is 1. The van der Waals surface area contributed by atoms with E-state index in [4.69, 9.17) is 10.5 Å². The summed E-state index contributed by atoms with van der Waals surface area (Å²) < 4.78 is 5.28. The Bertz CT molecular complexity index is 1020. The Morgan fingerprint density at radius 2 is 2.00 bits per heavy atom. The van der Waals surface area contributed by atoms with Gasteiger partial charge < -0.3 is 15.5 Å². The summed E-state index contributed by atoms with van der Waals surface area (Å²) in [6.07, 6.45) is 6.09. The maximum Gasteiger partial charge on any atom is 0.411 e. The third-order valence-electron chi connectivity index (χ3n) is 4.38. The molecule has 0 radical (unpaired) electrons. The standard InChI is InChI=1S/C21H19N3O2/c22-18-11-5-10-17-16-9-4-8-15(12-19(16)24-20(17)18)23-21(25)26-13-14-6-2-1-3-7-14/h1-8,10-12,24H,9,13,22H2,(H,23,25). The van der Waals surface area contributed by atoms with Crippen molar-refractivity contribution in [2.24, 2.45) is 0 Å². The predicted octanol–water partition coefficient (Wildman–Crippen LogP) is 4.13. The minimum atomic E-state index is -0.483. The fourth-order valence-corrected chi connectivity index (χ4v) is 3.12. The van der Waals surface area contributed by atoms with Gasteiger partial charge in [-0.2, -0.15) is 0 Å². The second-order valence-electron chi connectivity index (χ2n) is 6.18. The molecule has 1 amide bonds. The summed E-state index contributed by atoms with van der Waals surface area (Å²) in [5.41, 5.74) is 11.4. The highest BCUT2D eigenvalue weighted by Gasteiger charge is 2.14. The summed E-state index contributed by atoms with van der Waals surface area (Å²) in [6, 6.07) is 15.5. The predicted molar refractivity (Wildman–Crippen MR) is 103 cm³/mol. The Morgan fingerprint density at radius 3 is 2.85 bits per heavy atom. The van der Waals surface area contributed by atoms with Crippen LogP contribution in [0.5, 0.6) is 0 Å². The summed E-state index contributed by atoms with van der Waals surface area (Å²) in [6.45, 7) is 0.234. The van der Waals surface area contributed by atoms with Crippen LogP contribution in [0.2, 0.25) is 0 Å². The van der Waals surface area contributed by atoms with Gasteiger partial charge in [-0.3, -0.25) is 5.32 Å². The fourth-order valence-electron chi connectivity index (χ4n) is 3.12. The number of carbonyl (C=O) groups is 1. The number of benzene rings is 2. The van der Waals surface area contributed by atoms with E-state index in [-0.39, 0.29) is 6.61 Å². The normalized spacial score (nSPS) is 13.0. The molecule has 26 heavy (non-hydrogen) atoms. The van der Waals surface area contributed by atoms with Crippen LogP contribution in [0.25, 0.3) is 17.0 Å². The second kappa shape index (κ2) is 6.80. The number of fused-ring (bicyclic) bond motifs is 3. The van der Waals surface area contributed by atoms with Crippen molar-refractivity contribution >= 4 is 28.8 Å². The summed E-state index contributed by atoms with van der Waals surface area (Å²) in [4.78, 5) is 15.4. The van der Waals surface area contributed by atoms with Crippen molar-refractivity contribution in [1.29, 1.82) is 0 Å². The van der Waals surface area contributed by atoms with Gasteiger partial charge in [0, 0.05) is 16.8 Å². The third kappa shape index (κ3) is 3.19. The van der Waals surface area contributed by atoms with Crippen molar-refractivity contribution < 1.29 is 9.53 Å². The van der Waals surface area contributed by atoms with E-state index in [1.807, 2.05) is 60.7 Å². The molecule has 0 unspecified atom stereocenters. The average Bonchev–Trinajstić information content (AvgIpc) is 2.88. The molecule has 0 spiro atoms. The lowest BCUT2D eigenvalue weighted by atomic mass is 10.1. The van der Waals surface area contributed by atoms with Crippen LogP contribution in [0.4, 0.5) is 10.5 Å². The largest absolute Gasteiger partial charge is 0.444 e. The minimum Gasteiger partial charge on any atom is -0.444 e. The van der Waals surface area contributed by atoms with Crippen molar-refractivity contribution in [2.75, 3.05) is 5.73 Å². The number of nitrogens with two attached hydrogens (primary N) is 1. The highest BCUT2D eigenvalue weighted by molar-refractivity contribution is 5.95. The number of alkyl carbamates (subject to hydrolysis) is 1. The summed E-state index contributed by atoms with van der Waals surface area (Å²) >= 11 is 0. The molecule has 0 bridgehead atoms. The van der Waals surface area contributed by atoms with Gasteiger partial charge in [0.05, 0.1) is 11.2 Å². The molecular weight excluding hydrogens is 326 g/mol. The first kappa shape index (κ1) is 16.0. The van der Waals surface area contributed by atoms with Crippen LogP contribution >= 0.6 is 0 Å². The molecule has 0 saturated heterocycles. The maximum absolute atomic E-state index is 12.1. The molecule has 5 nitrogen and oxygen atoms in total. The quantitative estimate of drug-likeness (QED) is 0.624. The topological polar surface area (TPSA) is 80.1 Å². The van der Waals surface area contributed by atoms with Gasteiger partial charge >= 0.3 is 6.09 Å². The highest BCUT2D eigenvalue weighted by Crippen LogP contribution is 2.29. The van der Waals surface area contributed by atoms with Gasteiger partial charge in [-0.1, -0.05) is 48.5 Å². The number of carbonyl (C=O) groups excluding carboxylic acids is 1. The van der Waals surface area contributed by atoms with Crippen LogP contribution in [-0.2, 0) is 17.8 Å². The SMILES string of the molecule is Nc1cccc2c3c([nH]c12)C=C(NC(=O)OCc1ccccc1)C=CC3. The van der Waals surface area contributed by atoms with Crippen molar-refractivity contribution in [3.63, 3.8) is 0 Å². The molecular formula is C21H19N3O2. The molecule has 0 saturated carbocycles. The van der Waals surface area contributed by atoms with E-state index in [1.165, 1.54) is 0 Å². The van der Waals surface area contributed by atoms with Crippen molar-refractivity contribution in [2.45, 2.75) is 13.0 Å². The van der Waals surface area contributed by atoms with E-state index < -0.39 is 6.09 Å². The number of rotatable bonds is 3. The first-order chi connectivity index (χ1) is 12.7. The van der Waals surface area contributed by atoms with Crippen LogP contribution in [0.3, 0.4) is 0 Å². The summed E-state index contributed by atoms with van der Waals surface area (Å²) in [5, 5.41) is 3.90. The lowest BCUT2D eigenvalue weighted by Gasteiger charge is -2.07. The molecule has 1 aliphatic carbocycles. The number of nitrogens with one attached hydrogen (secondary N) is 2. The lowest BCUT2D eigenvalue weighted by Crippen LogP contribution is -2.22. The number of ether oxygens (including phenoxy) is 1. The number of hydrogen-bond acceptors (Lipinski definition) is 3. The number of nitrogen functional groups attached to an aromatic ring is 1. The Balaban J connectivity index is 1.52. The van der Waals surface area contributed by atoms with Crippen molar-refractivity contribution in [1.82, 2.24) is 10.3 Å². The van der Waals surface area contributed by atoms with E-state index in [0.29, 0.717) is 11.4 Å². The number of hydrogen-bond donors (Lipinski definition) is 3. The van der Waals surface area contributed by atoms with E-state index in [1.54, 1.807) is 0 Å². The van der Waals surface area contributed by atoms with Gasteiger partial charge in [-0.15, -0.1) is 0 Å². The average molecular weight is 345 g/mol. The molecule has 1 aromatic heterocycles. The van der Waals surface area contributed by atoms with Crippen LogP contribution in [0.1, 0.15) is 16.8 Å². The number of allylic oxidation sites excluding steroid dienone is 2. The molecule has 4 rings (SSSR count). The summed E-state index contributed by atoms with van der Waals surface area (Å²) in [7, 11) is 0. The number of anilines is 1. The molecule has 3 aromatic rings. The maximum atomic E-state index is 12.1. The smallest absolute Gasteiger partial charge is 0.411 e. The molecule has 1 aliphatic rings. The van der Waals surface area contributed by atoms with Gasteiger partial charge in [0.1, 0.15) is 6.61 Å². The van der Waals surface area contributed by atoms with Crippen LogP contribution in [0, 0.1) is 0 Å². The molecule has 2 aromatic carbocycles. The van der Waals surface area contributed by atoms with Gasteiger partial charge in [-0.05, 0) is 35.8 Å². The van der Waals surface area contributed by atoms with Crippen LogP contribution < -0.4 is 11.1 Å². The van der Waals surface area contributed by atoms with E-state index in [9.17, 15) is 4.79 Å². The first-order valence-electron chi connectivity index (χ1n) is 8.46. The zero-order valence-electron chi connectivity index (χ0n) is 14.2. The lowest BCUT2D eigenvalue weighted by molar-refractivity contribution is 0.143. The zero-order chi connectivity index (χ0) is 17.9. The van der Waals surface area contributed by atoms with Gasteiger partial charge in [-0.25, -0.2) is 4.79 Å². The Hall–Kier alpha value is -3.47. The minimum absolute atomic E-state index is 0.234. The molecule has 5 heteroatoms. The fraction of sp³-hybridized carbons (Fsp3) is 0.0952. The van der Waals surface area contributed by atoms with E-state index >= 15 is 0 Å². The van der Waals surface area contributed by atoms with Gasteiger partial charge in [0.15, 0.2) is 0 Å². The van der Waals surface area contributed by atoms with E-state index in [0.717, 1.165) is 34.1 Å². The van der Waals surface area contributed by atoms with Crippen LogP contribution in [0.15, 0.2) is 66.4 Å². The van der Waals surface area contributed by atoms with E-state index in [2.05, 4.69) is 16.4 Å². The molecule has 4 N–H and O–H groups in total. The Kier molecular flexibility index (Phi) is 4.19. The molecule has 130 valence electrons. The molecule has 0 atom stereocenters. The number of aromatic amines is 1. The highest BCUT2D eigenvalue weighted by atomic mass is 16.5. The van der Waals surface area contributed by atoms with Crippen molar-refractivity contribution in [3.8, 4) is 0 Å². The Morgan fingerprint density at radius 1 is 1.15 bits per heavy atom. The number of amides is 1. The number of para-hydroxylation sites is 1. The van der Waals surface area contributed by atoms with Crippen molar-refractivity contribution in [3.05, 3.63) is 83.2 Å².